The van der Waals surface area contributed by atoms with Crippen LogP contribution in [0.25, 0.3) is 11.8 Å². The summed E-state index contributed by atoms with van der Waals surface area (Å²) in [5, 5.41) is 2.72. The first-order valence-corrected chi connectivity index (χ1v) is 12.0. The number of carbonyl (C=O) groups excluding carboxylic acids is 3. The van der Waals surface area contributed by atoms with E-state index in [1.54, 1.807) is 31.4 Å². The Morgan fingerprint density at radius 1 is 1.09 bits per heavy atom. The first kappa shape index (κ1) is 24.6. The molecule has 0 radical (unpaired) electrons. The summed E-state index contributed by atoms with van der Waals surface area (Å²) in [6.45, 7) is 5.38. The summed E-state index contributed by atoms with van der Waals surface area (Å²) < 4.78 is 7.30. The maximum Gasteiger partial charge on any atom is 0.294 e. The van der Waals surface area contributed by atoms with Crippen LogP contribution in [0, 0.1) is 20.8 Å². The van der Waals surface area contributed by atoms with Crippen LogP contribution in [0.2, 0.25) is 5.02 Å². The van der Waals surface area contributed by atoms with Crippen LogP contribution < -0.4 is 10.1 Å². The molecule has 3 amide bonds. The first-order valence-electron chi connectivity index (χ1n) is 10.8. The van der Waals surface area contributed by atoms with Gasteiger partial charge in [-0.2, -0.15) is 0 Å². The van der Waals surface area contributed by atoms with Crippen molar-refractivity contribution in [2.45, 2.75) is 20.8 Å². The zero-order valence-corrected chi connectivity index (χ0v) is 21.3. The summed E-state index contributed by atoms with van der Waals surface area (Å²) in [5.41, 5.74) is 5.05. The topological polar surface area (TPSA) is 80.6 Å². The summed E-state index contributed by atoms with van der Waals surface area (Å²) in [5.74, 6) is -0.205. The minimum absolute atomic E-state index is 0.275. The van der Waals surface area contributed by atoms with Gasteiger partial charge in [0.05, 0.1) is 12.0 Å². The molecule has 0 saturated carbocycles. The molecule has 2 heterocycles. The van der Waals surface area contributed by atoms with Gasteiger partial charge in [-0.1, -0.05) is 17.7 Å². The van der Waals surface area contributed by atoms with Crippen LogP contribution in [0.5, 0.6) is 5.75 Å². The number of amides is 3. The highest BCUT2D eigenvalue weighted by atomic mass is 35.5. The molecule has 1 aliphatic rings. The van der Waals surface area contributed by atoms with Crippen LogP contribution in [0.15, 0.2) is 53.4 Å². The number of thioether (sulfide) groups is 1. The molecule has 3 aromatic rings. The highest BCUT2D eigenvalue weighted by Crippen LogP contribution is 2.34. The van der Waals surface area contributed by atoms with E-state index >= 15 is 0 Å². The number of nitrogens with one attached hydrogen (secondary N) is 1. The fourth-order valence-corrected chi connectivity index (χ4v) is 4.90. The van der Waals surface area contributed by atoms with Gasteiger partial charge >= 0.3 is 0 Å². The fraction of sp³-hybridized carbons (Fsp3) is 0.192. The number of rotatable bonds is 6. The number of methoxy groups -OCH3 is 1. The number of nitrogens with zero attached hydrogens (tertiary/aromatic N) is 2. The van der Waals surface area contributed by atoms with Crippen molar-refractivity contribution in [1.29, 1.82) is 0 Å². The number of imide groups is 1. The summed E-state index contributed by atoms with van der Waals surface area (Å²) in [6, 6.07) is 14.8. The molecule has 1 aromatic heterocycles. The quantitative estimate of drug-likeness (QED) is 0.428. The zero-order valence-electron chi connectivity index (χ0n) is 19.7. The standard InChI is InChI=1S/C26H24ClN3O4S/c1-15-5-6-19(27)13-22(15)28-24(31)14-29-25(32)23(35-26(29)33)12-18-11-16(2)30(17(18)3)20-7-9-21(34-4)10-8-20/h5-13H,14H2,1-4H3,(H,28,31)/b23-12-. The van der Waals surface area contributed by atoms with Crippen molar-refractivity contribution in [3.63, 3.8) is 0 Å². The minimum atomic E-state index is -0.493. The molecule has 1 saturated heterocycles. The molecule has 1 fully saturated rings. The van der Waals surface area contributed by atoms with Crippen LogP contribution in [0.3, 0.4) is 0 Å². The number of carbonyl (C=O) groups is 3. The molecule has 2 aromatic carbocycles. The smallest absolute Gasteiger partial charge is 0.294 e. The second-order valence-corrected chi connectivity index (χ2v) is 9.56. The molecule has 0 spiro atoms. The molecular weight excluding hydrogens is 486 g/mol. The average molecular weight is 510 g/mol. The van der Waals surface area contributed by atoms with E-state index in [1.807, 2.05) is 51.1 Å². The molecule has 180 valence electrons. The summed E-state index contributed by atoms with van der Waals surface area (Å²) >= 11 is 6.83. The predicted octanol–water partition coefficient (Wildman–Crippen LogP) is 5.74. The molecule has 9 heteroatoms. The van der Waals surface area contributed by atoms with Gasteiger partial charge in [0, 0.05) is 27.8 Å². The number of hydrogen-bond acceptors (Lipinski definition) is 5. The van der Waals surface area contributed by atoms with E-state index in [1.165, 1.54) is 0 Å². The number of hydrogen-bond donors (Lipinski definition) is 1. The lowest BCUT2D eigenvalue weighted by molar-refractivity contribution is -0.127. The molecule has 0 aliphatic carbocycles. The van der Waals surface area contributed by atoms with Gasteiger partial charge in [-0.25, -0.2) is 0 Å². The van der Waals surface area contributed by atoms with Crippen LogP contribution in [0.4, 0.5) is 10.5 Å². The Morgan fingerprint density at radius 2 is 1.80 bits per heavy atom. The molecular formula is C26H24ClN3O4S. The Bertz CT molecular complexity index is 1360. The van der Waals surface area contributed by atoms with E-state index in [-0.39, 0.29) is 11.4 Å². The maximum atomic E-state index is 13.0. The Balaban J connectivity index is 1.52. The number of aromatic nitrogens is 1. The predicted molar refractivity (Wildman–Crippen MR) is 139 cm³/mol. The Morgan fingerprint density at radius 3 is 2.49 bits per heavy atom. The van der Waals surface area contributed by atoms with Crippen molar-refractivity contribution in [2.75, 3.05) is 19.0 Å². The van der Waals surface area contributed by atoms with Gasteiger partial charge in [-0.05, 0) is 92.2 Å². The molecule has 4 rings (SSSR count). The maximum absolute atomic E-state index is 13.0. The van der Waals surface area contributed by atoms with E-state index in [4.69, 9.17) is 16.3 Å². The average Bonchev–Trinajstić information content (AvgIpc) is 3.25. The van der Waals surface area contributed by atoms with Gasteiger partial charge < -0.3 is 14.6 Å². The van der Waals surface area contributed by atoms with Crippen molar-refractivity contribution >= 4 is 52.2 Å². The lowest BCUT2D eigenvalue weighted by Crippen LogP contribution is -2.36. The van der Waals surface area contributed by atoms with Gasteiger partial charge in [-0.3, -0.25) is 19.3 Å². The minimum Gasteiger partial charge on any atom is -0.497 e. The van der Waals surface area contributed by atoms with Crippen molar-refractivity contribution in [3.05, 3.63) is 81.0 Å². The van der Waals surface area contributed by atoms with Gasteiger partial charge in [0.2, 0.25) is 5.91 Å². The Hall–Kier alpha value is -3.49. The largest absolute Gasteiger partial charge is 0.497 e. The monoisotopic (exact) mass is 509 g/mol. The van der Waals surface area contributed by atoms with Gasteiger partial charge in [0.1, 0.15) is 12.3 Å². The third kappa shape index (κ3) is 5.13. The number of halogens is 1. The number of ether oxygens (including phenoxy) is 1. The van der Waals surface area contributed by atoms with Crippen molar-refractivity contribution < 1.29 is 19.1 Å². The Labute approximate surface area is 212 Å². The van der Waals surface area contributed by atoms with Crippen molar-refractivity contribution in [2.24, 2.45) is 0 Å². The van der Waals surface area contributed by atoms with Crippen LogP contribution in [-0.4, -0.2) is 40.2 Å². The SMILES string of the molecule is COc1ccc(-n2c(C)cc(/C=C3\SC(=O)N(CC(=O)Nc4cc(Cl)ccc4C)C3=O)c2C)cc1. The third-order valence-electron chi connectivity index (χ3n) is 5.74. The molecule has 1 aliphatic heterocycles. The van der Waals surface area contributed by atoms with E-state index < -0.39 is 17.1 Å². The van der Waals surface area contributed by atoms with E-state index in [0.29, 0.717) is 10.7 Å². The van der Waals surface area contributed by atoms with Gasteiger partial charge in [0.25, 0.3) is 11.1 Å². The van der Waals surface area contributed by atoms with Gasteiger partial charge in [0.15, 0.2) is 0 Å². The number of aryl methyl sites for hydroxylation is 2. The normalized spacial score (nSPS) is 14.7. The van der Waals surface area contributed by atoms with Crippen LogP contribution in [0.1, 0.15) is 22.5 Å². The highest BCUT2D eigenvalue weighted by Gasteiger charge is 2.36. The molecule has 1 N–H and O–H groups in total. The first-order chi connectivity index (χ1) is 16.7. The van der Waals surface area contributed by atoms with Crippen LogP contribution in [-0.2, 0) is 9.59 Å². The summed E-state index contributed by atoms with van der Waals surface area (Å²) in [6.07, 6.45) is 1.70. The van der Waals surface area contributed by atoms with E-state index in [0.717, 1.165) is 50.6 Å². The number of anilines is 1. The zero-order chi connectivity index (χ0) is 25.3. The van der Waals surface area contributed by atoms with Crippen LogP contribution >= 0.6 is 23.4 Å². The van der Waals surface area contributed by atoms with E-state index in [9.17, 15) is 14.4 Å². The highest BCUT2D eigenvalue weighted by molar-refractivity contribution is 8.18. The Kier molecular flexibility index (Phi) is 7.05. The fourth-order valence-electron chi connectivity index (χ4n) is 3.90. The molecule has 0 bridgehead atoms. The number of benzene rings is 2. The van der Waals surface area contributed by atoms with Crippen molar-refractivity contribution in [3.8, 4) is 11.4 Å². The van der Waals surface area contributed by atoms with E-state index in [2.05, 4.69) is 9.88 Å². The molecule has 0 atom stereocenters. The lowest BCUT2D eigenvalue weighted by atomic mass is 10.2. The summed E-state index contributed by atoms with van der Waals surface area (Å²) in [4.78, 5) is 39.3. The third-order valence-corrected chi connectivity index (χ3v) is 6.88. The lowest BCUT2D eigenvalue weighted by Gasteiger charge is -2.13. The molecule has 35 heavy (non-hydrogen) atoms. The second-order valence-electron chi connectivity index (χ2n) is 8.14. The summed E-state index contributed by atoms with van der Waals surface area (Å²) in [7, 11) is 1.62. The molecule has 0 unspecified atom stereocenters. The van der Waals surface area contributed by atoms with Crippen molar-refractivity contribution in [1.82, 2.24) is 9.47 Å². The molecule has 7 nitrogen and oxygen atoms in total. The van der Waals surface area contributed by atoms with Gasteiger partial charge in [-0.15, -0.1) is 0 Å². The second kappa shape index (κ2) is 10.0.